The fourth-order valence-corrected chi connectivity index (χ4v) is 3.43. The van der Waals surface area contributed by atoms with Crippen LogP contribution in [0.4, 0.5) is 0 Å². The molecule has 114 valence electrons. The summed E-state index contributed by atoms with van der Waals surface area (Å²) in [7, 11) is -2.69. The Kier molecular flexibility index (Phi) is 6.15. The first-order valence-corrected chi connectivity index (χ1v) is 7.95. The molecular weight excluding hydrogens is 316 g/mol. The maximum Gasteiger partial charge on any atom is 0.321 e. The zero-order chi connectivity index (χ0) is 16.0. The topological polar surface area (TPSA) is 87.5 Å². The van der Waals surface area contributed by atoms with E-state index >= 15 is 0 Å². The second-order valence-electron chi connectivity index (χ2n) is 4.17. The van der Waals surface area contributed by atoms with Crippen LogP contribution in [0.25, 0.3) is 0 Å². The van der Waals surface area contributed by atoms with Gasteiger partial charge in [0.1, 0.15) is 12.6 Å². The lowest BCUT2D eigenvalue weighted by Crippen LogP contribution is -2.36. The van der Waals surface area contributed by atoms with Crippen LogP contribution in [-0.2, 0) is 19.6 Å². The van der Waals surface area contributed by atoms with E-state index in [4.69, 9.17) is 16.9 Å². The fraction of sp³-hybridized carbons (Fsp3) is 0.385. The van der Waals surface area contributed by atoms with Gasteiger partial charge in [-0.25, -0.2) is 8.42 Å². The van der Waals surface area contributed by atoms with Gasteiger partial charge in [-0.15, -0.1) is 0 Å². The third-order valence-corrected chi connectivity index (χ3v) is 4.86. The highest BCUT2D eigenvalue weighted by molar-refractivity contribution is 7.89. The molecule has 0 unspecified atom stereocenters. The predicted octanol–water partition coefficient (Wildman–Crippen LogP) is 1.79. The third kappa shape index (κ3) is 4.17. The summed E-state index contributed by atoms with van der Waals surface area (Å²) in [6.45, 7) is 1.60. The SMILES string of the molecule is CCCN(CC(=O)OC)S(=O)(=O)c1ccc(C#N)c(Cl)c1. The highest BCUT2D eigenvalue weighted by atomic mass is 35.5. The standard InChI is InChI=1S/C13H15ClN2O4S/c1-3-6-16(9-13(17)20-2)21(18,19)11-5-4-10(8-15)12(14)7-11/h4-5,7H,3,6,9H2,1-2H3. The van der Waals surface area contributed by atoms with Crippen molar-refractivity contribution < 1.29 is 17.9 Å². The van der Waals surface area contributed by atoms with Gasteiger partial charge >= 0.3 is 5.97 Å². The summed E-state index contributed by atoms with van der Waals surface area (Å²) < 4.78 is 30.5. The van der Waals surface area contributed by atoms with Gasteiger partial charge in [0.05, 0.1) is 22.6 Å². The van der Waals surface area contributed by atoms with Gasteiger partial charge in [-0.1, -0.05) is 18.5 Å². The molecule has 0 atom stereocenters. The van der Waals surface area contributed by atoms with Crippen molar-refractivity contribution in [3.8, 4) is 6.07 Å². The molecule has 21 heavy (non-hydrogen) atoms. The van der Waals surface area contributed by atoms with Crippen LogP contribution in [0.3, 0.4) is 0 Å². The Labute approximate surface area is 128 Å². The van der Waals surface area contributed by atoms with Crippen molar-refractivity contribution >= 4 is 27.6 Å². The minimum Gasteiger partial charge on any atom is -0.468 e. The van der Waals surface area contributed by atoms with Crippen LogP contribution in [-0.4, -0.2) is 38.9 Å². The second kappa shape index (κ2) is 7.41. The number of benzene rings is 1. The lowest BCUT2D eigenvalue weighted by molar-refractivity contribution is -0.140. The number of sulfonamides is 1. The Hall–Kier alpha value is -1.62. The van der Waals surface area contributed by atoms with Crippen molar-refractivity contribution in [2.75, 3.05) is 20.2 Å². The normalized spacial score (nSPS) is 11.2. The summed E-state index contributed by atoms with van der Waals surface area (Å²) in [5.41, 5.74) is 0.186. The molecule has 1 rings (SSSR count). The number of carbonyl (C=O) groups is 1. The van der Waals surface area contributed by atoms with Gasteiger partial charge in [0.15, 0.2) is 0 Å². The highest BCUT2D eigenvalue weighted by Crippen LogP contribution is 2.23. The number of carbonyl (C=O) groups excluding carboxylic acids is 1. The van der Waals surface area contributed by atoms with Crippen molar-refractivity contribution in [3.63, 3.8) is 0 Å². The van der Waals surface area contributed by atoms with Crippen molar-refractivity contribution in [1.29, 1.82) is 5.26 Å². The summed E-state index contributed by atoms with van der Waals surface area (Å²) in [5.74, 6) is -0.647. The molecule has 0 fully saturated rings. The number of nitrogens with zero attached hydrogens (tertiary/aromatic N) is 2. The maximum absolute atomic E-state index is 12.5. The van der Waals surface area contributed by atoms with Crippen molar-refractivity contribution in [2.24, 2.45) is 0 Å². The van der Waals surface area contributed by atoms with Crippen LogP contribution in [0.1, 0.15) is 18.9 Å². The van der Waals surface area contributed by atoms with Crippen LogP contribution in [0.15, 0.2) is 23.1 Å². The summed E-state index contributed by atoms with van der Waals surface area (Å²) in [5, 5.41) is 8.85. The van der Waals surface area contributed by atoms with E-state index in [1.165, 1.54) is 25.3 Å². The molecule has 0 saturated heterocycles. The van der Waals surface area contributed by atoms with Gasteiger partial charge in [0.25, 0.3) is 0 Å². The number of nitriles is 1. The van der Waals surface area contributed by atoms with E-state index < -0.39 is 16.0 Å². The Bertz CT molecular complexity index is 667. The Morgan fingerprint density at radius 3 is 2.62 bits per heavy atom. The van der Waals surface area contributed by atoms with E-state index in [0.29, 0.717) is 6.42 Å². The van der Waals surface area contributed by atoms with Crippen LogP contribution in [0, 0.1) is 11.3 Å². The van der Waals surface area contributed by atoms with E-state index in [2.05, 4.69) is 4.74 Å². The summed E-state index contributed by atoms with van der Waals surface area (Å²) in [4.78, 5) is 11.3. The molecule has 0 bridgehead atoms. The number of esters is 1. The summed E-state index contributed by atoms with van der Waals surface area (Å²) in [6, 6.07) is 5.68. The second-order valence-corrected chi connectivity index (χ2v) is 6.51. The van der Waals surface area contributed by atoms with Gasteiger partial charge in [-0.3, -0.25) is 4.79 Å². The molecule has 0 spiro atoms. The first-order valence-electron chi connectivity index (χ1n) is 6.13. The van der Waals surface area contributed by atoms with Crippen LogP contribution in [0.2, 0.25) is 5.02 Å². The smallest absolute Gasteiger partial charge is 0.321 e. The number of halogens is 1. The molecule has 0 aliphatic carbocycles. The van der Waals surface area contributed by atoms with E-state index in [9.17, 15) is 13.2 Å². The molecule has 0 radical (unpaired) electrons. The number of hydrogen-bond donors (Lipinski definition) is 0. The zero-order valence-corrected chi connectivity index (χ0v) is 13.2. The van der Waals surface area contributed by atoms with Gasteiger partial charge in [-0.2, -0.15) is 9.57 Å². The van der Waals surface area contributed by atoms with E-state index in [1.54, 1.807) is 6.92 Å². The maximum atomic E-state index is 12.5. The fourth-order valence-electron chi connectivity index (χ4n) is 1.64. The Balaban J connectivity index is 3.19. The molecule has 0 aliphatic rings. The minimum atomic E-state index is -3.88. The zero-order valence-electron chi connectivity index (χ0n) is 11.7. The number of hydrogen-bond acceptors (Lipinski definition) is 5. The molecule has 8 heteroatoms. The molecule has 1 aromatic rings. The van der Waals surface area contributed by atoms with Crippen LogP contribution >= 0.6 is 11.6 Å². The minimum absolute atomic E-state index is 0.0492. The summed E-state index contributed by atoms with van der Waals surface area (Å²) >= 11 is 5.85. The monoisotopic (exact) mass is 330 g/mol. The Morgan fingerprint density at radius 2 is 2.14 bits per heavy atom. The highest BCUT2D eigenvalue weighted by Gasteiger charge is 2.26. The number of ether oxygens (including phenoxy) is 1. The van der Waals surface area contributed by atoms with Gasteiger partial charge < -0.3 is 4.74 Å². The quantitative estimate of drug-likeness (QED) is 0.742. The predicted molar refractivity (Wildman–Crippen MR) is 77.2 cm³/mol. The van der Waals surface area contributed by atoms with Crippen molar-refractivity contribution in [1.82, 2.24) is 4.31 Å². The first kappa shape index (κ1) is 17.4. The van der Waals surface area contributed by atoms with E-state index in [0.717, 1.165) is 4.31 Å². The molecule has 0 aromatic heterocycles. The van der Waals surface area contributed by atoms with Gasteiger partial charge in [0.2, 0.25) is 10.0 Å². The largest absolute Gasteiger partial charge is 0.468 e. The van der Waals surface area contributed by atoms with Gasteiger partial charge in [-0.05, 0) is 24.6 Å². The van der Waals surface area contributed by atoms with E-state index in [-0.39, 0.29) is 28.6 Å². The third-order valence-electron chi connectivity index (χ3n) is 2.70. The van der Waals surface area contributed by atoms with Crippen LogP contribution in [0.5, 0.6) is 0 Å². The number of methoxy groups -OCH3 is 1. The molecular formula is C13H15ClN2O4S. The average molecular weight is 331 g/mol. The van der Waals surface area contributed by atoms with Crippen LogP contribution < -0.4 is 0 Å². The summed E-state index contributed by atoms with van der Waals surface area (Å²) in [6.07, 6.45) is 0.542. The molecule has 1 aromatic carbocycles. The lowest BCUT2D eigenvalue weighted by Gasteiger charge is -2.20. The lowest BCUT2D eigenvalue weighted by atomic mass is 10.2. The number of rotatable bonds is 6. The van der Waals surface area contributed by atoms with Crippen molar-refractivity contribution in [2.45, 2.75) is 18.2 Å². The molecule has 6 nitrogen and oxygen atoms in total. The van der Waals surface area contributed by atoms with Gasteiger partial charge in [0, 0.05) is 6.54 Å². The molecule has 0 N–H and O–H groups in total. The van der Waals surface area contributed by atoms with Crippen molar-refractivity contribution in [3.05, 3.63) is 28.8 Å². The molecule has 0 amide bonds. The van der Waals surface area contributed by atoms with E-state index in [1.807, 2.05) is 6.07 Å². The molecule has 0 saturated carbocycles. The average Bonchev–Trinajstić information content (AvgIpc) is 2.46. The first-order chi connectivity index (χ1) is 9.86. The Morgan fingerprint density at radius 1 is 1.48 bits per heavy atom. The molecule has 0 heterocycles. The molecule has 0 aliphatic heterocycles.